The highest BCUT2D eigenvalue weighted by Crippen LogP contribution is 2.38. The normalized spacial score (nSPS) is 12.0. The fourth-order valence-electron chi connectivity index (χ4n) is 2.63. The number of carbonyl (C=O) groups excluding carboxylic acids is 1. The Hall–Kier alpha value is -3.50. The van der Waals surface area contributed by atoms with Crippen molar-refractivity contribution in [3.63, 3.8) is 0 Å². The third kappa shape index (κ3) is 5.16. The summed E-state index contributed by atoms with van der Waals surface area (Å²) in [5.41, 5.74) is -1.54. The summed E-state index contributed by atoms with van der Waals surface area (Å²) in [6, 6.07) is 8.57. The standard InChI is InChI=1S/C20H13F6NO4/c1-2-29-18(28)15-16(13-5-3-4-6-14(13)31-20(24,25)26)30-17(27-15)11-7-9-12(10-8-11)19(21,22)23/h3-10H,2H2,1H3. The Balaban J connectivity index is 2.11. The van der Waals surface area contributed by atoms with Crippen molar-refractivity contribution >= 4 is 5.97 Å². The summed E-state index contributed by atoms with van der Waals surface area (Å²) in [6.45, 7) is 1.45. The molecule has 0 bridgehead atoms. The highest BCUT2D eigenvalue weighted by atomic mass is 19.4. The molecule has 0 aliphatic carbocycles. The topological polar surface area (TPSA) is 61.6 Å². The Morgan fingerprint density at radius 2 is 1.65 bits per heavy atom. The zero-order valence-corrected chi connectivity index (χ0v) is 15.7. The number of alkyl halides is 6. The fourth-order valence-corrected chi connectivity index (χ4v) is 2.63. The van der Waals surface area contributed by atoms with Gasteiger partial charge in [-0.05, 0) is 43.3 Å². The van der Waals surface area contributed by atoms with Gasteiger partial charge in [-0.3, -0.25) is 0 Å². The van der Waals surface area contributed by atoms with Gasteiger partial charge in [-0.15, -0.1) is 13.2 Å². The Labute approximate surface area is 171 Å². The number of nitrogens with zero attached hydrogens (tertiary/aromatic N) is 1. The quantitative estimate of drug-likeness (QED) is 0.351. The summed E-state index contributed by atoms with van der Waals surface area (Å²) in [5.74, 6) is -2.31. The van der Waals surface area contributed by atoms with Gasteiger partial charge in [-0.25, -0.2) is 9.78 Å². The molecule has 0 saturated carbocycles. The van der Waals surface area contributed by atoms with Gasteiger partial charge in [0, 0.05) is 5.56 Å². The Morgan fingerprint density at radius 1 is 1.00 bits per heavy atom. The highest BCUT2D eigenvalue weighted by molar-refractivity contribution is 5.95. The Morgan fingerprint density at radius 3 is 2.23 bits per heavy atom. The maximum Gasteiger partial charge on any atom is 0.573 e. The predicted molar refractivity (Wildman–Crippen MR) is 95.0 cm³/mol. The summed E-state index contributed by atoms with van der Waals surface area (Å²) in [4.78, 5) is 16.3. The van der Waals surface area contributed by atoms with Gasteiger partial charge in [0.1, 0.15) is 5.75 Å². The molecule has 1 heterocycles. The molecule has 164 valence electrons. The summed E-state index contributed by atoms with van der Waals surface area (Å²) >= 11 is 0. The van der Waals surface area contributed by atoms with Crippen LogP contribution in [0.15, 0.2) is 52.9 Å². The molecular formula is C20H13F6NO4. The minimum absolute atomic E-state index is 0.0541. The van der Waals surface area contributed by atoms with Gasteiger partial charge in [0.25, 0.3) is 0 Å². The van der Waals surface area contributed by atoms with E-state index in [9.17, 15) is 31.1 Å². The molecule has 2 aromatic carbocycles. The van der Waals surface area contributed by atoms with E-state index in [1.54, 1.807) is 0 Å². The number of halogens is 6. The van der Waals surface area contributed by atoms with Gasteiger partial charge in [-0.2, -0.15) is 13.2 Å². The zero-order valence-electron chi connectivity index (χ0n) is 15.7. The minimum Gasteiger partial charge on any atom is -0.461 e. The molecule has 0 aliphatic heterocycles. The molecule has 0 aliphatic rings. The molecule has 1 aromatic heterocycles. The maximum atomic E-state index is 12.8. The van der Waals surface area contributed by atoms with Crippen LogP contribution in [0.4, 0.5) is 26.3 Å². The molecule has 0 unspecified atom stereocenters. The van der Waals surface area contributed by atoms with Crippen LogP contribution >= 0.6 is 0 Å². The van der Waals surface area contributed by atoms with Gasteiger partial charge in [0.2, 0.25) is 5.89 Å². The number of hydrogen-bond donors (Lipinski definition) is 0. The van der Waals surface area contributed by atoms with Gasteiger partial charge in [-0.1, -0.05) is 12.1 Å². The lowest BCUT2D eigenvalue weighted by Gasteiger charge is -2.12. The second kappa shape index (κ2) is 8.32. The Kier molecular flexibility index (Phi) is 5.96. The van der Waals surface area contributed by atoms with Crippen molar-refractivity contribution < 1.29 is 45.0 Å². The first-order chi connectivity index (χ1) is 14.5. The molecular weight excluding hydrogens is 432 g/mol. The van der Waals surface area contributed by atoms with Crippen LogP contribution < -0.4 is 4.74 Å². The third-order valence-corrected chi connectivity index (χ3v) is 3.91. The van der Waals surface area contributed by atoms with E-state index in [1.165, 1.54) is 25.1 Å². The van der Waals surface area contributed by atoms with Crippen LogP contribution in [0.1, 0.15) is 23.0 Å². The molecule has 3 aromatic rings. The smallest absolute Gasteiger partial charge is 0.461 e. The number of esters is 1. The van der Waals surface area contributed by atoms with Crippen LogP contribution in [-0.2, 0) is 10.9 Å². The second-order valence-electron chi connectivity index (χ2n) is 6.04. The van der Waals surface area contributed by atoms with Crippen LogP contribution in [0.3, 0.4) is 0 Å². The summed E-state index contributed by atoms with van der Waals surface area (Å²) < 4.78 is 91.0. The first kappa shape index (κ1) is 22.2. The first-order valence-corrected chi connectivity index (χ1v) is 8.70. The largest absolute Gasteiger partial charge is 0.573 e. The lowest BCUT2D eigenvalue weighted by Crippen LogP contribution is -2.17. The maximum absolute atomic E-state index is 12.8. The molecule has 0 fully saturated rings. The van der Waals surface area contributed by atoms with Crippen LogP contribution in [0.25, 0.3) is 22.8 Å². The van der Waals surface area contributed by atoms with Crippen molar-refractivity contribution in [1.82, 2.24) is 4.98 Å². The zero-order chi connectivity index (χ0) is 22.8. The molecule has 0 saturated heterocycles. The average Bonchev–Trinajstić information content (AvgIpc) is 3.12. The Bertz CT molecular complexity index is 1070. The number of hydrogen-bond acceptors (Lipinski definition) is 5. The molecule has 0 N–H and O–H groups in total. The van der Waals surface area contributed by atoms with Gasteiger partial charge in [0.15, 0.2) is 11.5 Å². The monoisotopic (exact) mass is 445 g/mol. The molecule has 5 nitrogen and oxygen atoms in total. The third-order valence-electron chi connectivity index (χ3n) is 3.91. The van der Waals surface area contributed by atoms with E-state index in [-0.39, 0.29) is 29.4 Å². The first-order valence-electron chi connectivity index (χ1n) is 8.70. The van der Waals surface area contributed by atoms with Crippen molar-refractivity contribution in [3.05, 3.63) is 59.8 Å². The lowest BCUT2D eigenvalue weighted by atomic mass is 10.1. The van der Waals surface area contributed by atoms with Crippen LogP contribution in [-0.4, -0.2) is 23.9 Å². The fraction of sp³-hybridized carbons (Fsp3) is 0.200. The van der Waals surface area contributed by atoms with E-state index in [0.717, 1.165) is 30.3 Å². The number of rotatable bonds is 5. The van der Waals surface area contributed by atoms with E-state index in [0.29, 0.717) is 0 Å². The number of benzene rings is 2. The molecule has 0 spiro atoms. The van der Waals surface area contributed by atoms with Crippen LogP contribution in [0.5, 0.6) is 5.75 Å². The summed E-state index contributed by atoms with van der Waals surface area (Å²) in [5, 5.41) is 0. The van der Waals surface area contributed by atoms with Gasteiger partial charge < -0.3 is 13.9 Å². The van der Waals surface area contributed by atoms with Crippen molar-refractivity contribution in [1.29, 1.82) is 0 Å². The second-order valence-corrected chi connectivity index (χ2v) is 6.04. The molecule has 31 heavy (non-hydrogen) atoms. The minimum atomic E-state index is -5.02. The predicted octanol–water partition coefficient (Wildman–Crippen LogP) is 6.10. The van der Waals surface area contributed by atoms with Crippen molar-refractivity contribution in [2.75, 3.05) is 6.61 Å². The molecule has 0 amide bonds. The SMILES string of the molecule is CCOC(=O)c1nc(-c2ccc(C(F)(F)F)cc2)oc1-c1ccccc1OC(F)(F)F. The van der Waals surface area contributed by atoms with E-state index >= 15 is 0 Å². The number of oxazole rings is 1. The van der Waals surface area contributed by atoms with Crippen molar-refractivity contribution in [2.24, 2.45) is 0 Å². The van der Waals surface area contributed by atoms with Gasteiger partial charge in [0.05, 0.1) is 17.7 Å². The molecule has 0 radical (unpaired) electrons. The summed E-state index contributed by atoms with van der Waals surface area (Å²) in [6.07, 6.45) is -9.58. The molecule has 3 rings (SSSR count). The van der Waals surface area contributed by atoms with E-state index in [4.69, 9.17) is 9.15 Å². The number of carbonyl (C=O) groups is 1. The van der Waals surface area contributed by atoms with Crippen LogP contribution in [0, 0.1) is 0 Å². The van der Waals surface area contributed by atoms with Gasteiger partial charge >= 0.3 is 18.5 Å². The number of aromatic nitrogens is 1. The van der Waals surface area contributed by atoms with E-state index in [1.807, 2.05) is 0 Å². The van der Waals surface area contributed by atoms with Crippen molar-refractivity contribution in [2.45, 2.75) is 19.5 Å². The highest BCUT2D eigenvalue weighted by Gasteiger charge is 2.34. The number of para-hydroxylation sites is 1. The average molecular weight is 445 g/mol. The number of ether oxygens (including phenoxy) is 2. The van der Waals surface area contributed by atoms with E-state index < -0.39 is 35.5 Å². The molecule has 0 atom stereocenters. The lowest BCUT2D eigenvalue weighted by molar-refractivity contribution is -0.274. The van der Waals surface area contributed by atoms with Crippen molar-refractivity contribution in [3.8, 4) is 28.5 Å². The molecule has 11 heteroatoms. The van der Waals surface area contributed by atoms with E-state index in [2.05, 4.69) is 9.72 Å². The van der Waals surface area contributed by atoms with Crippen LogP contribution in [0.2, 0.25) is 0 Å². The summed E-state index contributed by atoms with van der Waals surface area (Å²) in [7, 11) is 0.